The van der Waals surface area contributed by atoms with Crippen LogP contribution in [0.3, 0.4) is 0 Å². The first kappa shape index (κ1) is 12.0. The first-order valence-corrected chi connectivity index (χ1v) is 5.40. The Balaban J connectivity index is 2.36. The van der Waals surface area contributed by atoms with Crippen LogP contribution in [0.25, 0.3) is 0 Å². The lowest BCUT2D eigenvalue weighted by atomic mass is 9.82. The van der Waals surface area contributed by atoms with Crippen molar-refractivity contribution in [3.63, 3.8) is 0 Å². The van der Waals surface area contributed by atoms with Crippen molar-refractivity contribution in [2.75, 3.05) is 7.11 Å². The van der Waals surface area contributed by atoms with E-state index in [1.165, 1.54) is 7.11 Å². The molecule has 15 heavy (non-hydrogen) atoms. The molecule has 0 aromatic heterocycles. The fourth-order valence-corrected chi connectivity index (χ4v) is 1.99. The van der Waals surface area contributed by atoms with Gasteiger partial charge in [0, 0.05) is 0 Å². The zero-order chi connectivity index (χ0) is 11.3. The van der Waals surface area contributed by atoms with Gasteiger partial charge in [-0.05, 0) is 44.6 Å². The van der Waals surface area contributed by atoms with Gasteiger partial charge in [0.2, 0.25) is 0 Å². The number of rotatable bonds is 3. The van der Waals surface area contributed by atoms with E-state index in [0.29, 0.717) is 5.92 Å². The second kappa shape index (κ2) is 5.69. The summed E-state index contributed by atoms with van der Waals surface area (Å²) in [5.74, 6) is 0.515. The third-order valence-electron chi connectivity index (χ3n) is 2.91. The summed E-state index contributed by atoms with van der Waals surface area (Å²) in [4.78, 5) is 22.0. The smallest absolute Gasteiger partial charge is 0.308 e. The molecule has 0 atom stereocenters. The van der Waals surface area contributed by atoms with Crippen LogP contribution in [0, 0.1) is 11.8 Å². The number of hydrogen-bond donors (Lipinski definition) is 0. The molecule has 0 radical (unpaired) electrons. The second-order valence-corrected chi connectivity index (χ2v) is 4.10. The van der Waals surface area contributed by atoms with Gasteiger partial charge in [0.05, 0.1) is 13.0 Å². The van der Waals surface area contributed by atoms with Crippen molar-refractivity contribution in [3.05, 3.63) is 12.2 Å². The summed E-state index contributed by atoms with van der Waals surface area (Å²) in [5, 5.41) is 0. The number of ether oxygens (including phenoxy) is 1. The van der Waals surface area contributed by atoms with Crippen molar-refractivity contribution in [1.82, 2.24) is 0 Å². The van der Waals surface area contributed by atoms with Crippen molar-refractivity contribution in [2.24, 2.45) is 11.8 Å². The van der Waals surface area contributed by atoms with Gasteiger partial charge in [-0.15, -0.1) is 0 Å². The molecule has 0 aromatic rings. The van der Waals surface area contributed by atoms with Gasteiger partial charge in [-0.2, -0.15) is 0 Å². The van der Waals surface area contributed by atoms with Crippen LogP contribution < -0.4 is 0 Å². The average Bonchev–Trinajstić information content (AvgIpc) is 2.26. The van der Waals surface area contributed by atoms with Crippen LogP contribution in [0.4, 0.5) is 0 Å². The van der Waals surface area contributed by atoms with E-state index in [4.69, 9.17) is 4.74 Å². The first-order chi connectivity index (χ1) is 7.13. The van der Waals surface area contributed by atoms with Crippen molar-refractivity contribution < 1.29 is 14.3 Å². The fraction of sp³-hybridized carbons (Fsp3) is 0.667. The minimum atomic E-state index is -0.0935. The van der Waals surface area contributed by atoms with Crippen molar-refractivity contribution in [3.8, 4) is 0 Å². The van der Waals surface area contributed by atoms with Gasteiger partial charge in [0.25, 0.3) is 0 Å². The standard InChI is InChI=1S/C12H18O3/c1-9(13)3-4-10-5-7-11(8-6-10)12(14)15-2/h3-4,10-11H,5-8H2,1-2H3/b4-3-. The second-order valence-electron chi connectivity index (χ2n) is 4.10. The van der Waals surface area contributed by atoms with Gasteiger partial charge in [-0.1, -0.05) is 6.08 Å². The molecule has 0 spiro atoms. The molecule has 1 aliphatic rings. The quantitative estimate of drug-likeness (QED) is 0.529. The monoisotopic (exact) mass is 210 g/mol. The molecule has 1 aliphatic carbocycles. The van der Waals surface area contributed by atoms with Gasteiger partial charge in [-0.3, -0.25) is 9.59 Å². The number of hydrogen-bond acceptors (Lipinski definition) is 3. The Bertz CT molecular complexity index is 260. The molecule has 3 nitrogen and oxygen atoms in total. The molecule has 0 aromatic carbocycles. The van der Waals surface area contributed by atoms with Crippen LogP contribution in [0.15, 0.2) is 12.2 Å². The highest BCUT2D eigenvalue weighted by atomic mass is 16.5. The SMILES string of the molecule is COC(=O)C1CCC(/C=C\C(C)=O)CC1. The molecule has 0 unspecified atom stereocenters. The van der Waals surface area contributed by atoms with E-state index in [9.17, 15) is 9.59 Å². The number of esters is 1. The zero-order valence-electron chi connectivity index (χ0n) is 9.36. The molecule has 1 rings (SSSR count). The minimum Gasteiger partial charge on any atom is -0.469 e. The van der Waals surface area contributed by atoms with E-state index in [2.05, 4.69) is 0 Å². The maximum Gasteiger partial charge on any atom is 0.308 e. The number of methoxy groups -OCH3 is 1. The van der Waals surface area contributed by atoms with Crippen molar-refractivity contribution >= 4 is 11.8 Å². The highest BCUT2D eigenvalue weighted by Gasteiger charge is 2.25. The summed E-state index contributed by atoms with van der Waals surface area (Å²) >= 11 is 0. The number of carbonyl (C=O) groups is 2. The lowest BCUT2D eigenvalue weighted by Crippen LogP contribution is -2.22. The van der Waals surface area contributed by atoms with Gasteiger partial charge in [0.15, 0.2) is 5.78 Å². The number of ketones is 1. The van der Waals surface area contributed by atoms with E-state index < -0.39 is 0 Å². The van der Waals surface area contributed by atoms with Gasteiger partial charge < -0.3 is 4.74 Å². The van der Waals surface area contributed by atoms with E-state index >= 15 is 0 Å². The highest BCUT2D eigenvalue weighted by Crippen LogP contribution is 2.30. The third kappa shape index (κ3) is 3.86. The average molecular weight is 210 g/mol. The van der Waals surface area contributed by atoms with E-state index in [-0.39, 0.29) is 17.7 Å². The topological polar surface area (TPSA) is 43.4 Å². The molecular formula is C12H18O3. The summed E-state index contributed by atoms with van der Waals surface area (Å²) in [6.07, 6.45) is 7.30. The molecule has 3 heteroatoms. The molecule has 1 saturated carbocycles. The maximum absolute atomic E-state index is 11.2. The Hall–Kier alpha value is -1.12. The fourth-order valence-electron chi connectivity index (χ4n) is 1.99. The summed E-state index contributed by atoms with van der Waals surface area (Å²) in [5.41, 5.74) is 0. The maximum atomic E-state index is 11.2. The van der Waals surface area contributed by atoms with Crippen LogP contribution >= 0.6 is 0 Å². The van der Waals surface area contributed by atoms with Crippen LogP contribution in [0.2, 0.25) is 0 Å². The van der Waals surface area contributed by atoms with Gasteiger partial charge >= 0.3 is 5.97 Å². The molecular weight excluding hydrogens is 192 g/mol. The molecule has 0 heterocycles. The van der Waals surface area contributed by atoms with Crippen LogP contribution in [-0.4, -0.2) is 18.9 Å². The molecule has 0 amide bonds. The Morgan fingerprint density at radius 1 is 1.20 bits per heavy atom. The van der Waals surface area contributed by atoms with E-state index in [1.807, 2.05) is 6.08 Å². The highest BCUT2D eigenvalue weighted by molar-refractivity contribution is 5.87. The molecule has 84 valence electrons. The lowest BCUT2D eigenvalue weighted by Gasteiger charge is -2.24. The normalized spacial score (nSPS) is 26.5. The summed E-state index contributed by atoms with van der Waals surface area (Å²) < 4.78 is 4.71. The Morgan fingerprint density at radius 3 is 2.27 bits per heavy atom. The number of carbonyl (C=O) groups excluding carboxylic acids is 2. The first-order valence-electron chi connectivity index (χ1n) is 5.40. The van der Waals surface area contributed by atoms with Crippen LogP contribution in [-0.2, 0) is 14.3 Å². The molecule has 0 aliphatic heterocycles. The zero-order valence-corrected chi connectivity index (χ0v) is 9.36. The Kier molecular flexibility index (Phi) is 4.53. The molecule has 0 N–H and O–H groups in total. The minimum absolute atomic E-state index is 0.0666. The number of allylic oxidation sites excluding steroid dienone is 2. The predicted octanol–water partition coefficient (Wildman–Crippen LogP) is 2.11. The summed E-state index contributed by atoms with van der Waals surface area (Å²) in [7, 11) is 1.43. The van der Waals surface area contributed by atoms with E-state index in [0.717, 1.165) is 25.7 Å². The largest absolute Gasteiger partial charge is 0.469 e. The van der Waals surface area contributed by atoms with Crippen molar-refractivity contribution in [2.45, 2.75) is 32.6 Å². The lowest BCUT2D eigenvalue weighted by molar-refractivity contribution is -0.146. The molecule has 0 saturated heterocycles. The van der Waals surface area contributed by atoms with Crippen LogP contribution in [0.1, 0.15) is 32.6 Å². The van der Waals surface area contributed by atoms with Crippen molar-refractivity contribution in [1.29, 1.82) is 0 Å². The van der Waals surface area contributed by atoms with Gasteiger partial charge in [-0.25, -0.2) is 0 Å². The third-order valence-corrected chi connectivity index (χ3v) is 2.91. The summed E-state index contributed by atoms with van der Waals surface area (Å²) in [6, 6.07) is 0. The molecule has 1 fully saturated rings. The predicted molar refractivity (Wildman–Crippen MR) is 57.3 cm³/mol. The Labute approximate surface area is 90.5 Å². The Morgan fingerprint density at radius 2 is 1.80 bits per heavy atom. The van der Waals surface area contributed by atoms with E-state index in [1.54, 1.807) is 13.0 Å². The van der Waals surface area contributed by atoms with Gasteiger partial charge in [0.1, 0.15) is 0 Å². The summed E-state index contributed by atoms with van der Waals surface area (Å²) in [6.45, 7) is 1.55. The molecule has 0 bridgehead atoms. The van der Waals surface area contributed by atoms with Crippen LogP contribution in [0.5, 0.6) is 0 Å².